The first-order valence-electron chi connectivity index (χ1n) is 9.49. The topological polar surface area (TPSA) is 126 Å². The third-order valence-electron chi connectivity index (χ3n) is 4.69. The first-order chi connectivity index (χ1) is 14.7. The third-order valence-corrected chi connectivity index (χ3v) is 4.69. The molecule has 1 unspecified atom stereocenters. The number of alkyl carbamates (subject to hydrolysis) is 1. The molecule has 0 spiro atoms. The van der Waals surface area contributed by atoms with Crippen LogP contribution in [0.25, 0.3) is 0 Å². The molecule has 1 aromatic heterocycles. The van der Waals surface area contributed by atoms with Crippen molar-refractivity contribution in [2.75, 3.05) is 20.7 Å². The van der Waals surface area contributed by atoms with Crippen LogP contribution >= 0.6 is 0 Å². The van der Waals surface area contributed by atoms with E-state index in [0.29, 0.717) is 11.1 Å². The molecule has 3 rings (SSSR count). The van der Waals surface area contributed by atoms with Crippen molar-refractivity contribution in [1.82, 2.24) is 20.1 Å². The monoisotopic (exact) mass is 428 g/mol. The van der Waals surface area contributed by atoms with E-state index in [-0.39, 0.29) is 30.7 Å². The summed E-state index contributed by atoms with van der Waals surface area (Å²) in [6.07, 6.45) is 7.68. The lowest BCUT2D eigenvalue weighted by molar-refractivity contribution is -0.137. The zero-order valence-corrected chi connectivity index (χ0v) is 17.7. The van der Waals surface area contributed by atoms with Crippen LogP contribution in [-0.4, -0.2) is 71.2 Å². The van der Waals surface area contributed by atoms with Crippen LogP contribution in [-0.2, 0) is 14.3 Å². The molecule has 5 amide bonds. The number of ether oxygens (including phenoxy) is 1. The van der Waals surface area contributed by atoms with Crippen LogP contribution in [0.2, 0.25) is 0 Å². The maximum absolute atomic E-state index is 11.6. The van der Waals surface area contributed by atoms with Gasteiger partial charge < -0.3 is 10.1 Å². The average Bonchev–Trinajstić information content (AvgIpc) is 3.14. The summed E-state index contributed by atoms with van der Waals surface area (Å²) in [4.78, 5) is 62.8. The molecular formula is C21H24N4O6. The van der Waals surface area contributed by atoms with Gasteiger partial charge in [0.1, 0.15) is 12.6 Å². The van der Waals surface area contributed by atoms with Crippen LogP contribution in [0.15, 0.2) is 42.3 Å². The van der Waals surface area contributed by atoms with Gasteiger partial charge in [0.05, 0.1) is 17.5 Å². The molecule has 0 radical (unpaired) electrons. The quantitative estimate of drug-likeness (QED) is 0.566. The number of rotatable bonds is 4. The summed E-state index contributed by atoms with van der Waals surface area (Å²) >= 11 is 0. The fourth-order valence-corrected chi connectivity index (χ4v) is 2.85. The van der Waals surface area contributed by atoms with Crippen LogP contribution < -0.4 is 5.32 Å². The number of hydrogen-bond donors (Lipinski definition) is 1. The first-order valence-corrected chi connectivity index (χ1v) is 9.49. The van der Waals surface area contributed by atoms with Crippen molar-refractivity contribution in [3.63, 3.8) is 0 Å². The summed E-state index contributed by atoms with van der Waals surface area (Å²) in [5, 5.41) is 2.39. The number of carbonyl (C=O) groups excluding carboxylic acids is 5. The maximum atomic E-state index is 11.6. The summed E-state index contributed by atoms with van der Waals surface area (Å²) in [5.41, 5.74) is 1.69. The number of carbonyl (C=O) groups is 5. The van der Waals surface area contributed by atoms with E-state index in [2.05, 4.69) is 10.3 Å². The van der Waals surface area contributed by atoms with Gasteiger partial charge in [0.15, 0.2) is 0 Å². The molecule has 10 heteroatoms. The lowest BCUT2D eigenvalue weighted by atomic mass is 10.2. The molecule has 1 aromatic rings. The van der Waals surface area contributed by atoms with Crippen molar-refractivity contribution >= 4 is 29.7 Å². The zero-order valence-electron chi connectivity index (χ0n) is 17.7. The number of fused-ring (bicyclic) bond motifs is 1. The number of nitrogens with one attached hydrogen (secondary N) is 1. The number of likely N-dealkylation sites (N-methyl/N-ethyl adjacent to an activating group) is 1. The molecule has 3 heterocycles. The van der Waals surface area contributed by atoms with Gasteiger partial charge in [-0.15, -0.1) is 0 Å². The van der Waals surface area contributed by atoms with Crippen molar-refractivity contribution in [2.45, 2.75) is 26.3 Å². The van der Waals surface area contributed by atoms with Gasteiger partial charge in [0.2, 0.25) is 5.91 Å². The van der Waals surface area contributed by atoms with Gasteiger partial charge in [-0.1, -0.05) is 18.2 Å². The van der Waals surface area contributed by atoms with E-state index in [1.807, 2.05) is 32.1 Å². The molecule has 2 aliphatic heterocycles. The van der Waals surface area contributed by atoms with Crippen LogP contribution in [0, 0.1) is 0 Å². The number of amides is 5. The fourth-order valence-electron chi connectivity index (χ4n) is 2.85. The number of hydrogen-bond acceptors (Lipinski definition) is 7. The Morgan fingerprint density at radius 2 is 1.84 bits per heavy atom. The Bertz CT molecular complexity index is 933. The highest BCUT2D eigenvalue weighted by atomic mass is 16.5. The molecule has 1 saturated heterocycles. The van der Waals surface area contributed by atoms with E-state index >= 15 is 0 Å². The largest absolute Gasteiger partial charge is 0.445 e. The van der Waals surface area contributed by atoms with E-state index in [1.54, 1.807) is 6.07 Å². The second kappa shape index (κ2) is 10.3. The zero-order chi connectivity index (χ0) is 23.1. The lowest BCUT2D eigenvalue weighted by Gasteiger charge is -2.11. The first kappa shape index (κ1) is 23.5. The fraction of sp³-hybridized carbons (Fsp3) is 0.333. The number of allylic oxidation sites excluding steroid dienone is 2. The third kappa shape index (κ3) is 5.41. The highest BCUT2D eigenvalue weighted by Gasteiger charge is 2.37. The van der Waals surface area contributed by atoms with E-state index < -0.39 is 18.0 Å². The molecule has 0 aromatic carbocycles. The van der Waals surface area contributed by atoms with E-state index in [0.717, 1.165) is 15.4 Å². The number of nitrogens with zero attached hydrogens (tertiary/aromatic N) is 3. The van der Waals surface area contributed by atoms with E-state index in [9.17, 15) is 24.0 Å². The van der Waals surface area contributed by atoms with Crippen molar-refractivity contribution in [3.05, 3.63) is 53.4 Å². The second-order valence-corrected chi connectivity index (χ2v) is 6.72. The maximum Gasteiger partial charge on any atom is 0.408 e. The Labute approximate surface area is 179 Å². The van der Waals surface area contributed by atoms with Gasteiger partial charge in [-0.25, -0.2) is 4.79 Å². The van der Waals surface area contributed by atoms with Crippen LogP contribution in [0.3, 0.4) is 0 Å². The smallest absolute Gasteiger partial charge is 0.408 e. The Balaban J connectivity index is 0.000000242. The van der Waals surface area contributed by atoms with Gasteiger partial charge in [0.25, 0.3) is 17.7 Å². The van der Waals surface area contributed by atoms with Gasteiger partial charge in [-0.05, 0) is 25.5 Å². The molecule has 0 saturated carbocycles. The van der Waals surface area contributed by atoms with Crippen LogP contribution in [0.1, 0.15) is 41.0 Å². The summed E-state index contributed by atoms with van der Waals surface area (Å²) < 4.78 is 4.98. The molecule has 1 fully saturated rings. The molecular weight excluding hydrogens is 404 g/mol. The van der Waals surface area contributed by atoms with E-state index in [1.165, 1.54) is 26.5 Å². The number of aromatic nitrogens is 1. The molecule has 1 atom stereocenters. The minimum atomic E-state index is -0.819. The van der Waals surface area contributed by atoms with Crippen molar-refractivity contribution in [2.24, 2.45) is 0 Å². The normalized spacial score (nSPS) is 18.3. The summed E-state index contributed by atoms with van der Waals surface area (Å²) in [5.74, 6) is -1.25. The van der Waals surface area contributed by atoms with Gasteiger partial charge >= 0.3 is 6.09 Å². The number of pyridine rings is 1. The summed E-state index contributed by atoms with van der Waals surface area (Å²) in [7, 11) is 2.85. The predicted octanol–water partition coefficient (Wildman–Crippen LogP) is 1.30. The highest BCUT2D eigenvalue weighted by Crippen LogP contribution is 2.19. The van der Waals surface area contributed by atoms with Crippen molar-refractivity contribution in [3.8, 4) is 0 Å². The molecule has 10 nitrogen and oxygen atoms in total. The SMILES string of the molecule is C/C=C\C(=C/C)COC(=O)NC1CC(=O)N(C)C1=O.CN1C(=O)c2ccncc2C1=O. The Hall–Kier alpha value is -3.82. The molecule has 0 aliphatic carbocycles. The van der Waals surface area contributed by atoms with Crippen LogP contribution in [0.5, 0.6) is 0 Å². The minimum absolute atomic E-state index is 0.0181. The average molecular weight is 428 g/mol. The van der Waals surface area contributed by atoms with Crippen LogP contribution in [0.4, 0.5) is 4.79 Å². The van der Waals surface area contributed by atoms with E-state index in [4.69, 9.17) is 4.74 Å². The minimum Gasteiger partial charge on any atom is -0.445 e. The Kier molecular flexibility index (Phi) is 7.78. The second-order valence-electron chi connectivity index (χ2n) is 6.72. The van der Waals surface area contributed by atoms with Gasteiger partial charge in [-0.2, -0.15) is 0 Å². The molecule has 1 N–H and O–H groups in total. The number of likely N-dealkylation sites (tertiary alicyclic amines) is 1. The van der Waals surface area contributed by atoms with Crippen molar-refractivity contribution in [1.29, 1.82) is 0 Å². The van der Waals surface area contributed by atoms with Gasteiger partial charge in [0, 0.05) is 26.5 Å². The van der Waals surface area contributed by atoms with Gasteiger partial charge in [-0.3, -0.25) is 34.0 Å². The molecule has 2 aliphatic rings. The highest BCUT2D eigenvalue weighted by molar-refractivity contribution is 6.20. The Morgan fingerprint density at radius 3 is 2.39 bits per heavy atom. The predicted molar refractivity (Wildman–Crippen MR) is 110 cm³/mol. The summed E-state index contributed by atoms with van der Waals surface area (Å²) in [6, 6.07) is 0.736. The standard InChI is InChI=1S/C13H18N2O4.C8H6N2O2/c1-4-6-9(5-2)8-19-13(18)14-10-7-11(16)15(3)12(10)17;1-10-7(11)5-2-3-9-4-6(5)8(10)12/h4-6,10H,7-8H2,1-3H3,(H,14,18);2-4H,1H3/b6-4-,9-5+;. The Morgan fingerprint density at radius 1 is 1.16 bits per heavy atom. The summed E-state index contributed by atoms with van der Waals surface area (Å²) in [6.45, 7) is 3.82. The molecule has 164 valence electrons. The number of imide groups is 2. The van der Waals surface area contributed by atoms with Crippen molar-refractivity contribution < 1.29 is 28.7 Å². The molecule has 0 bridgehead atoms. The molecule has 31 heavy (non-hydrogen) atoms. The lowest BCUT2D eigenvalue weighted by Crippen LogP contribution is -2.41.